The molecule has 20 heavy (non-hydrogen) atoms. The first-order chi connectivity index (χ1) is 9.74. The molecule has 3 heteroatoms. The van der Waals surface area contributed by atoms with Crippen molar-refractivity contribution in [3.8, 4) is 5.75 Å². The molecule has 0 heterocycles. The summed E-state index contributed by atoms with van der Waals surface area (Å²) in [5.41, 5.74) is 0. The van der Waals surface area contributed by atoms with Crippen molar-refractivity contribution >= 4 is 11.6 Å². The fourth-order valence-electron chi connectivity index (χ4n) is 4.05. The molecule has 4 atom stereocenters. The SMILES string of the molecule is CNC(COc1cccc(Cl)c1)CC1CC2CCC1C2. The summed E-state index contributed by atoms with van der Waals surface area (Å²) in [5.74, 6) is 3.79. The highest BCUT2D eigenvalue weighted by Gasteiger charge is 2.39. The lowest BCUT2D eigenvalue weighted by Crippen LogP contribution is -2.34. The molecule has 0 amide bonds. The smallest absolute Gasteiger partial charge is 0.120 e. The van der Waals surface area contributed by atoms with Crippen molar-refractivity contribution in [2.24, 2.45) is 17.8 Å². The molecule has 0 radical (unpaired) electrons. The predicted molar refractivity (Wildman–Crippen MR) is 83.3 cm³/mol. The molecule has 0 saturated heterocycles. The maximum absolute atomic E-state index is 5.98. The van der Waals surface area contributed by atoms with Gasteiger partial charge in [-0.2, -0.15) is 0 Å². The van der Waals surface area contributed by atoms with Crippen molar-refractivity contribution in [1.29, 1.82) is 0 Å². The van der Waals surface area contributed by atoms with Crippen LogP contribution >= 0.6 is 11.6 Å². The van der Waals surface area contributed by atoms with Gasteiger partial charge in [0.2, 0.25) is 0 Å². The highest BCUT2D eigenvalue weighted by molar-refractivity contribution is 6.30. The first-order valence-corrected chi connectivity index (χ1v) is 8.18. The maximum atomic E-state index is 5.98. The maximum Gasteiger partial charge on any atom is 0.120 e. The van der Waals surface area contributed by atoms with Crippen molar-refractivity contribution in [3.05, 3.63) is 29.3 Å². The predicted octanol–water partition coefficient (Wildman–Crippen LogP) is 4.13. The second-order valence-corrected chi connectivity index (χ2v) is 6.86. The molecule has 0 aliphatic heterocycles. The molecule has 2 bridgehead atoms. The van der Waals surface area contributed by atoms with Gasteiger partial charge in [-0.3, -0.25) is 0 Å². The molecule has 0 aromatic heterocycles. The lowest BCUT2D eigenvalue weighted by Gasteiger charge is -2.26. The molecule has 1 aromatic carbocycles. The second-order valence-electron chi connectivity index (χ2n) is 6.42. The zero-order valence-electron chi connectivity index (χ0n) is 12.1. The number of nitrogens with one attached hydrogen (secondary N) is 1. The van der Waals surface area contributed by atoms with Gasteiger partial charge < -0.3 is 10.1 Å². The standard InChI is InChI=1S/C17H24ClNO/c1-19-16(9-14-8-12-5-6-13(14)7-12)11-20-17-4-2-3-15(18)10-17/h2-4,10,12-14,16,19H,5-9,11H2,1H3. The number of halogens is 1. The first kappa shape index (κ1) is 14.2. The van der Waals surface area contributed by atoms with E-state index in [0.29, 0.717) is 6.04 Å². The number of rotatable bonds is 6. The third-order valence-corrected chi connectivity index (χ3v) is 5.36. The minimum atomic E-state index is 0.443. The van der Waals surface area contributed by atoms with Crippen LogP contribution in [0.2, 0.25) is 5.02 Å². The average molecular weight is 294 g/mol. The van der Waals surface area contributed by atoms with Crippen LogP contribution in [0, 0.1) is 17.8 Å². The van der Waals surface area contributed by atoms with E-state index >= 15 is 0 Å². The Morgan fingerprint density at radius 1 is 1.35 bits per heavy atom. The number of benzene rings is 1. The minimum Gasteiger partial charge on any atom is -0.492 e. The van der Waals surface area contributed by atoms with E-state index in [4.69, 9.17) is 16.3 Å². The molecule has 3 rings (SSSR count). The number of ether oxygens (including phenoxy) is 1. The van der Waals surface area contributed by atoms with Crippen molar-refractivity contribution in [2.75, 3.05) is 13.7 Å². The number of likely N-dealkylation sites (N-methyl/N-ethyl adjacent to an activating group) is 1. The van der Waals surface area contributed by atoms with Crippen LogP contribution in [0.15, 0.2) is 24.3 Å². The lowest BCUT2D eigenvalue weighted by atomic mass is 9.84. The van der Waals surface area contributed by atoms with E-state index in [1.165, 1.54) is 32.1 Å². The molecule has 2 saturated carbocycles. The van der Waals surface area contributed by atoms with E-state index in [1.807, 2.05) is 31.3 Å². The van der Waals surface area contributed by atoms with Crippen molar-refractivity contribution in [1.82, 2.24) is 5.32 Å². The number of hydrogen-bond donors (Lipinski definition) is 1. The van der Waals surface area contributed by atoms with Gasteiger partial charge in [0.1, 0.15) is 12.4 Å². The van der Waals surface area contributed by atoms with Crippen LogP contribution in [0.4, 0.5) is 0 Å². The van der Waals surface area contributed by atoms with Gasteiger partial charge in [0.25, 0.3) is 0 Å². The molecule has 0 spiro atoms. The summed E-state index contributed by atoms with van der Waals surface area (Å²) < 4.78 is 5.88. The highest BCUT2D eigenvalue weighted by atomic mass is 35.5. The van der Waals surface area contributed by atoms with Crippen LogP contribution < -0.4 is 10.1 Å². The van der Waals surface area contributed by atoms with Crippen LogP contribution in [0.3, 0.4) is 0 Å². The molecule has 1 N–H and O–H groups in total. The van der Waals surface area contributed by atoms with Gasteiger partial charge in [0.15, 0.2) is 0 Å². The molecular formula is C17H24ClNO. The van der Waals surface area contributed by atoms with Gasteiger partial charge in [-0.25, -0.2) is 0 Å². The van der Waals surface area contributed by atoms with Crippen molar-refractivity contribution in [3.63, 3.8) is 0 Å². The fraction of sp³-hybridized carbons (Fsp3) is 0.647. The van der Waals surface area contributed by atoms with E-state index in [9.17, 15) is 0 Å². The van der Waals surface area contributed by atoms with Crippen molar-refractivity contribution in [2.45, 2.75) is 38.1 Å². The monoisotopic (exact) mass is 293 g/mol. The summed E-state index contributed by atoms with van der Waals surface area (Å²) in [5, 5.41) is 4.15. The average Bonchev–Trinajstić information content (AvgIpc) is 3.06. The molecule has 2 fully saturated rings. The Bertz CT molecular complexity index is 450. The summed E-state index contributed by atoms with van der Waals surface area (Å²) >= 11 is 5.98. The Morgan fingerprint density at radius 3 is 2.90 bits per heavy atom. The normalized spacial score (nSPS) is 29.6. The van der Waals surface area contributed by atoms with E-state index < -0.39 is 0 Å². The minimum absolute atomic E-state index is 0.443. The summed E-state index contributed by atoms with van der Waals surface area (Å²) in [6, 6.07) is 8.10. The third-order valence-electron chi connectivity index (χ3n) is 5.13. The Kier molecular flexibility index (Phi) is 4.52. The molecule has 4 unspecified atom stereocenters. The number of fused-ring (bicyclic) bond motifs is 2. The molecule has 110 valence electrons. The highest BCUT2D eigenvalue weighted by Crippen LogP contribution is 2.49. The quantitative estimate of drug-likeness (QED) is 0.851. The van der Waals surface area contributed by atoms with Crippen LogP contribution in [0.1, 0.15) is 32.1 Å². The van der Waals surface area contributed by atoms with Crippen LogP contribution in [-0.2, 0) is 0 Å². The third kappa shape index (κ3) is 3.29. The Labute approximate surface area is 126 Å². The van der Waals surface area contributed by atoms with Crippen LogP contribution in [-0.4, -0.2) is 19.7 Å². The Morgan fingerprint density at radius 2 is 2.25 bits per heavy atom. The van der Waals surface area contributed by atoms with Gasteiger partial charge in [-0.15, -0.1) is 0 Å². The van der Waals surface area contributed by atoms with Gasteiger partial charge in [-0.05, 0) is 68.7 Å². The Balaban J connectivity index is 1.50. The molecule has 1 aromatic rings. The van der Waals surface area contributed by atoms with Crippen LogP contribution in [0.25, 0.3) is 0 Å². The first-order valence-electron chi connectivity index (χ1n) is 7.80. The van der Waals surface area contributed by atoms with Crippen LogP contribution in [0.5, 0.6) is 5.75 Å². The van der Waals surface area contributed by atoms with E-state index in [0.717, 1.165) is 35.1 Å². The van der Waals surface area contributed by atoms with E-state index in [2.05, 4.69) is 5.32 Å². The summed E-state index contributed by atoms with van der Waals surface area (Å²) in [4.78, 5) is 0. The largest absolute Gasteiger partial charge is 0.492 e. The molecular weight excluding hydrogens is 270 g/mol. The van der Waals surface area contributed by atoms with Gasteiger partial charge >= 0.3 is 0 Å². The van der Waals surface area contributed by atoms with E-state index in [-0.39, 0.29) is 0 Å². The van der Waals surface area contributed by atoms with Gasteiger partial charge in [0.05, 0.1) is 0 Å². The van der Waals surface area contributed by atoms with E-state index in [1.54, 1.807) is 0 Å². The lowest BCUT2D eigenvalue weighted by molar-refractivity contribution is 0.217. The Hall–Kier alpha value is -0.730. The molecule has 2 nitrogen and oxygen atoms in total. The zero-order valence-corrected chi connectivity index (χ0v) is 12.9. The zero-order chi connectivity index (χ0) is 13.9. The van der Waals surface area contributed by atoms with Gasteiger partial charge in [-0.1, -0.05) is 24.1 Å². The topological polar surface area (TPSA) is 21.3 Å². The summed E-state index contributed by atoms with van der Waals surface area (Å²) in [7, 11) is 2.04. The molecule has 2 aliphatic rings. The number of hydrogen-bond acceptors (Lipinski definition) is 2. The summed E-state index contributed by atoms with van der Waals surface area (Å²) in [6.45, 7) is 0.727. The molecule has 2 aliphatic carbocycles. The fourth-order valence-corrected chi connectivity index (χ4v) is 4.23. The summed E-state index contributed by atoms with van der Waals surface area (Å²) in [6.07, 6.45) is 7.11. The van der Waals surface area contributed by atoms with Gasteiger partial charge in [0, 0.05) is 11.1 Å². The van der Waals surface area contributed by atoms with Crippen molar-refractivity contribution < 1.29 is 4.74 Å². The second kappa shape index (κ2) is 6.36.